The fourth-order valence-corrected chi connectivity index (χ4v) is 4.98. The second-order valence-corrected chi connectivity index (χ2v) is 11.1. The summed E-state index contributed by atoms with van der Waals surface area (Å²) in [5.41, 5.74) is 1.84. The Labute approximate surface area is 231 Å². The largest absolute Gasteiger partial charge is 0.497 e. The number of sulfone groups is 1. The molecule has 39 heavy (non-hydrogen) atoms. The van der Waals surface area contributed by atoms with Crippen LogP contribution >= 0.6 is 11.6 Å². The number of fused-ring (bicyclic) bond motifs is 1. The maximum atomic E-state index is 14.2. The number of ketones is 1. The quantitative estimate of drug-likeness (QED) is 0.207. The van der Waals surface area contributed by atoms with Crippen LogP contribution in [-0.2, 0) is 9.84 Å². The Morgan fingerprint density at radius 3 is 2.59 bits per heavy atom. The number of halogens is 2. The number of rotatable bonds is 10. The van der Waals surface area contributed by atoms with Gasteiger partial charge in [0.15, 0.2) is 15.6 Å². The Bertz CT molecular complexity index is 1620. The van der Waals surface area contributed by atoms with E-state index in [-0.39, 0.29) is 42.6 Å². The molecule has 8 nitrogen and oxygen atoms in total. The Hall–Kier alpha value is -3.60. The molecule has 0 aliphatic carbocycles. The van der Waals surface area contributed by atoms with Crippen molar-refractivity contribution in [2.45, 2.75) is 25.3 Å². The summed E-state index contributed by atoms with van der Waals surface area (Å²) in [5, 5.41) is 13.3. The number of H-pyrrole nitrogens is 1. The van der Waals surface area contributed by atoms with Gasteiger partial charge in [-0.3, -0.25) is 4.79 Å². The topological polar surface area (TPSA) is 118 Å². The summed E-state index contributed by atoms with van der Waals surface area (Å²) in [6, 6.07) is 10.8. The Morgan fingerprint density at radius 2 is 1.92 bits per heavy atom. The van der Waals surface area contributed by atoms with Gasteiger partial charge in [0, 0.05) is 51.3 Å². The lowest BCUT2D eigenvalue weighted by atomic mass is 9.95. The van der Waals surface area contributed by atoms with Crippen molar-refractivity contribution in [2.75, 3.05) is 31.9 Å². The summed E-state index contributed by atoms with van der Waals surface area (Å²) in [4.78, 5) is 17.1. The first-order chi connectivity index (χ1) is 18.0. The summed E-state index contributed by atoms with van der Waals surface area (Å²) >= 11 is 6.19. The molecule has 0 spiro atoms. The zero-order valence-electron chi connectivity index (χ0n) is 20.8. The van der Waals surface area contributed by atoms with Gasteiger partial charge in [-0.05, 0) is 43.3 Å². The number of Topliss-reactive ketones (excluding diaryl/α,β-unsaturated/α-hetero) is 1. The monoisotopic (exact) mass is 576 g/mol. The average molecular weight is 577 g/mol. The molecule has 0 amide bonds. The minimum Gasteiger partial charge on any atom is -0.497 e. The smallest absolute Gasteiger partial charge is 0.191 e. The van der Waals surface area contributed by atoms with Gasteiger partial charge in [-0.2, -0.15) is 0 Å². The van der Waals surface area contributed by atoms with Gasteiger partial charge in [0.1, 0.15) is 30.0 Å². The molecule has 0 saturated heterocycles. The molecule has 4 aromatic rings. The molecule has 3 N–H and O–H groups in total. The molecular formula is C28H30ClFN2O6S. The van der Waals surface area contributed by atoms with Gasteiger partial charge >= 0.3 is 0 Å². The molecule has 0 fully saturated rings. The van der Waals surface area contributed by atoms with Crippen molar-refractivity contribution >= 4 is 43.8 Å². The third-order valence-electron chi connectivity index (χ3n) is 6.07. The number of aliphatic hydroxyl groups is 1. The first-order valence-corrected chi connectivity index (χ1v) is 13.8. The molecule has 0 aliphatic rings. The highest BCUT2D eigenvalue weighted by Gasteiger charge is 2.29. The predicted octanol–water partition coefficient (Wildman–Crippen LogP) is 5.72. The molecule has 1 aromatic heterocycles. The molecule has 0 bridgehead atoms. The van der Waals surface area contributed by atoms with Crippen molar-refractivity contribution in [2.24, 2.45) is 0 Å². The number of aliphatic hydroxyl groups excluding tert-OH is 1. The molecule has 0 radical (unpaired) electrons. The Kier molecular flexibility index (Phi) is 9.26. The van der Waals surface area contributed by atoms with E-state index < -0.39 is 27.5 Å². The molecule has 11 heteroatoms. The minimum absolute atomic E-state index is 0. The van der Waals surface area contributed by atoms with E-state index in [2.05, 4.69) is 10.3 Å². The number of methoxy groups -OCH3 is 1. The molecular weight excluding hydrogens is 547 g/mol. The fourth-order valence-electron chi connectivity index (χ4n) is 4.14. The maximum Gasteiger partial charge on any atom is 0.191 e. The number of anilines is 1. The lowest BCUT2D eigenvalue weighted by Gasteiger charge is -2.23. The van der Waals surface area contributed by atoms with E-state index in [9.17, 15) is 22.7 Å². The van der Waals surface area contributed by atoms with E-state index >= 15 is 0 Å². The SMILES string of the molecule is C.COc1cc(NC(C(=O)c2c[nH]c3c(C)c(F)ccc23)c2ccc(Cl)cc2OCCO)cc(S(C)(=O)=O)c1. The first-order valence-electron chi connectivity index (χ1n) is 11.5. The summed E-state index contributed by atoms with van der Waals surface area (Å²) in [6.45, 7) is 1.30. The van der Waals surface area contributed by atoms with E-state index in [0.29, 0.717) is 32.7 Å². The summed E-state index contributed by atoms with van der Waals surface area (Å²) in [5.74, 6) is -0.282. The van der Waals surface area contributed by atoms with Gasteiger partial charge in [0.05, 0.1) is 24.1 Å². The molecule has 1 unspecified atom stereocenters. The third-order valence-corrected chi connectivity index (χ3v) is 7.40. The number of aromatic nitrogens is 1. The standard InChI is InChI=1S/C27H26ClFN2O6S.CH4/c1-15-23(29)7-6-20-22(14-30-25(15)20)27(33)26(21-5-4-16(28)10-24(21)37-9-8-32)31-17-11-18(36-2)13-19(12-17)38(3,34)35;/h4-7,10-14,26,30-32H,8-9H2,1-3H3;1H4. The second kappa shape index (κ2) is 12.1. The van der Waals surface area contributed by atoms with Crippen LogP contribution in [0.1, 0.15) is 35.0 Å². The van der Waals surface area contributed by atoms with E-state index in [1.54, 1.807) is 25.1 Å². The normalized spacial score (nSPS) is 12.1. The minimum atomic E-state index is -3.60. The van der Waals surface area contributed by atoms with Gasteiger partial charge in [-0.25, -0.2) is 12.8 Å². The van der Waals surface area contributed by atoms with Crippen LogP contribution in [0.3, 0.4) is 0 Å². The van der Waals surface area contributed by atoms with Crippen molar-refractivity contribution < 1.29 is 32.2 Å². The van der Waals surface area contributed by atoms with Crippen molar-refractivity contribution in [1.29, 1.82) is 0 Å². The number of carbonyl (C=O) groups is 1. The Balaban J connectivity index is 0.00000420. The summed E-state index contributed by atoms with van der Waals surface area (Å²) in [7, 11) is -2.20. The number of aryl methyl sites for hydroxylation is 1. The van der Waals surface area contributed by atoms with Crippen LogP contribution in [0.2, 0.25) is 5.02 Å². The third kappa shape index (κ3) is 6.35. The highest BCUT2D eigenvalue weighted by molar-refractivity contribution is 7.90. The maximum absolute atomic E-state index is 14.2. The van der Waals surface area contributed by atoms with Crippen LogP contribution in [0.4, 0.5) is 10.1 Å². The molecule has 3 aromatic carbocycles. The molecule has 1 heterocycles. The summed E-state index contributed by atoms with van der Waals surface area (Å²) in [6.07, 6.45) is 2.58. The number of carbonyl (C=O) groups excluding carboxylic acids is 1. The average Bonchev–Trinajstić information content (AvgIpc) is 3.32. The van der Waals surface area contributed by atoms with E-state index in [1.807, 2.05) is 0 Å². The van der Waals surface area contributed by atoms with Crippen molar-refractivity contribution in [3.05, 3.63) is 82.3 Å². The van der Waals surface area contributed by atoms with Crippen LogP contribution in [0.15, 0.2) is 59.6 Å². The molecule has 0 saturated carbocycles. The number of aromatic amines is 1. The second-order valence-electron chi connectivity index (χ2n) is 8.66. The van der Waals surface area contributed by atoms with Gasteiger partial charge in [0.2, 0.25) is 0 Å². The molecule has 1 atom stereocenters. The van der Waals surface area contributed by atoms with Crippen LogP contribution in [0.5, 0.6) is 11.5 Å². The van der Waals surface area contributed by atoms with Crippen LogP contribution in [0.25, 0.3) is 10.9 Å². The number of nitrogens with one attached hydrogen (secondary N) is 2. The highest BCUT2D eigenvalue weighted by Crippen LogP contribution is 2.36. The highest BCUT2D eigenvalue weighted by atomic mass is 35.5. The van der Waals surface area contributed by atoms with Gasteiger partial charge in [0.25, 0.3) is 0 Å². The van der Waals surface area contributed by atoms with Crippen LogP contribution < -0.4 is 14.8 Å². The lowest BCUT2D eigenvalue weighted by molar-refractivity contribution is 0.0969. The number of hydrogen-bond donors (Lipinski definition) is 3. The summed E-state index contributed by atoms with van der Waals surface area (Å²) < 4.78 is 49.7. The van der Waals surface area contributed by atoms with E-state index in [0.717, 1.165) is 6.26 Å². The predicted molar refractivity (Wildman–Crippen MR) is 151 cm³/mol. The van der Waals surface area contributed by atoms with Gasteiger partial charge < -0.3 is 24.9 Å². The molecule has 208 valence electrons. The lowest BCUT2D eigenvalue weighted by Crippen LogP contribution is -2.22. The first kappa shape index (κ1) is 29.9. The number of hydrogen-bond acceptors (Lipinski definition) is 7. The molecule has 0 aliphatic heterocycles. The van der Waals surface area contributed by atoms with Crippen molar-refractivity contribution in [1.82, 2.24) is 4.98 Å². The Morgan fingerprint density at radius 1 is 1.18 bits per heavy atom. The zero-order valence-corrected chi connectivity index (χ0v) is 22.4. The van der Waals surface area contributed by atoms with Crippen LogP contribution in [0, 0.1) is 12.7 Å². The number of benzene rings is 3. The van der Waals surface area contributed by atoms with Crippen LogP contribution in [-0.4, -0.2) is 50.9 Å². The molecule has 4 rings (SSSR count). The van der Waals surface area contributed by atoms with E-state index in [4.69, 9.17) is 21.1 Å². The van der Waals surface area contributed by atoms with Crippen molar-refractivity contribution in [3.8, 4) is 11.5 Å². The fraction of sp³-hybridized carbons (Fsp3) is 0.250. The number of ether oxygens (including phenoxy) is 2. The van der Waals surface area contributed by atoms with E-state index in [1.165, 1.54) is 43.6 Å². The van der Waals surface area contributed by atoms with Crippen molar-refractivity contribution in [3.63, 3.8) is 0 Å². The van der Waals surface area contributed by atoms with Gasteiger partial charge in [-0.15, -0.1) is 0 Å². The van der Waals surface area contributed by atoms with Gasteiger partial charge in [-0.1, -0.05) is 25.1 Å². The zero-order chi connectivity index (χ0) is 27.6.